The van der Waals surface area contributed by atoms with Gasteiger partial charge in [-0.25, -0.2) is 0 Å². The van der Waals surface area contributed by atoms with E-state index in [2.05, 4.69) is 22.2 Å². The molecule has 0 saturated heterocycles. The summed E-state index contributed by atoms with van der Waals surface area (Å²) in [6.45, 7) is 4.01. The number of rotatable bonds is 4. The predicted molar refractivity (Wildman–Crippen MR) is 110 cm³/mol. The third-order valence-electron chi connectivity index (χ3n) is 5.36. The Kier molecular flexibility index (Phi) is 4.12. The molecule has 0 fully saturated rings. The van der Waals surface area contributed by atoms with Crippen molar-refractivity contribution in [2.24, 2.45) is 12.8 Å². The SMILES string of the molecule is CCc1cc2ccc(C(C)(N)Cc3c4ccccc4nn3C)cc2[nH]c1=O. The molecule has 0 saturated carbocycles. The predicted octanol–water partition coefficient (Wildman–Crippen LogP) is 3.39. The van der Waals surface area contributed by atoms with E-state index in [1.165, 1.54) is 0 Å². The van der Waals surface area contributed by atoms with E-state index in [1.807, 2.05) is 62.0 Å². The third-order valence-corrected chi connectivity index (χ3v) is 5.36. The van der Waals surface area contributed by atoms with Crippen molar-refractivity contribution in [3.8, 4) is 0 Å². The minimum absolute atomic E-state index is 0.0292. The van der Waals surface area contributed by atoms with Crippen LogP contribution in [0.25, 0.3) is 21.8 Å². The number of H-pyrrole nitrogens is 1. The van der Waals surface area contributed by atoms with Crippen molar-refractivity contribution in [3.63, 3.8) is 0 Å². The Morgan fingerprint density at radius 2 is 1.96 bits per heavy atom. The second-order valence-electron chi connectivity index (χ2n) is 7.46. The van der Waals surface area contributed by atoms with E-state index < -0.39 is 5.54 Å². The van der Waals surface area contributed by atoms with Gasteiger partial charge in [-0.15, -0.1) is 0 Å². The molecular weight excluding hydrogens is 336 g/mol. The van der Waals surface area contributed by atoms with Crippen molar-refractivity contribution in [2.75, 3.05) is 0 Å². The van der Waals surface area contributed by atoms with Gasteiger partial charge in [0.2, 0.25) is 0 Å². The number of aromatic amines is 1. The Morgan fingerprint density at radius 1 is 1.19 bits per heavy atom. The van der Waals surface area contributed by atoms with Crippen LogP contribution in [0.15, 0.2) is 53.3 Å². The van der Waals surface area contributed by atoms with Gasteiger partial charge in [-0.05, 0) is 42.5 Å². The number of nitrogens with zero attached hydrogens (tertiary/aromatic N) is 2. The fraction of sp³-hybridized carbons (Fsp3) is 0.273. The number of nitrogens with one attached hydrogen (secondary N) is 1. The lowest BCUT2D eigenvalue weighted by Crippen LogP contribution is -2.36. The smallest absolute Gasteiger partial charge is 0.251 e. The number of aryl methyl sites for hydroxylation is 2. The fourth-order valence-corrected chi connectivity index (χ4v) is 3.72. The summed E-state index contributed by atoms with van der Waals surface area (Å²) in [4.78, 5) is 15.2. The van der Waals surface area contributed by atoms with Crippen molar-refractivity contribution in [3.05, 3.63) is 75.7 Å². The van der Waals surface area contributed by atoms with Gasteiger partial charge >= 0.3 is 0 Å². The average molecular weight is 360 g/mol. The van der Waals surface area contributed by atoms with Gasteiger partial charge in [-0.2, -0.15) is 5.10 Å². The third kappa shape index (κ3) is 3.04. The van der Waals surface area contributed by atoms with Gasteiger partial charge < -0.3 is 10.7 Å². The van der Waals surface area contributed by atoms with Crippen LogP contribution in [-0.2, 0) is 25.4 Å². The van der Waals surface area contributed by atoms with Gasteiger partial charge in [0, 0.05) is 41.2 Å². The van der Waals surface area contributed by atoms with Gasteiger partial charge in [-0.3, -0.25) is 9.48 Å². The lowest BCUT2D eigenvalue weighted by Gasteiger charge is -2.26. The second kappa shape index (κ2) is 6.35. The first kappa shape index (κ1) is 17.5. The van der Waals surface area contributed by atoms with Gasteiger partial charge in [0.1, 0.15) is 0 Å². The van der Waals surface area contributed by atoms with E-state index >= 15 is 0 Å². The van der Waals surface area contributed by atoms with Gasteiger partial charge in [0.05, 0.1) is 5.52 Å². The summed E-state index contributed by atoms with van der Waals surface area (Å²) >= 11 is 0. The molecule has 4 aromatic rings. The zero-order valence-corrected chi connectivity index (χ0v) is 15.9. The molecule has 1 atom stereocenters. The van der Waals surface area contributed by atoms with Gasteiger partial charge in [0.15, 0.2) is 0 Å². The summed E-state index contributed by atoms with van der Waals surface area (Å²) in [6.07, 6.45) is 1.36. The van der Waals surface area contributed by atoms with Crippen LogP contribution in [-0.4, -0.2) is 14.8 Å². The summed E-state index contributed by atoms with van der Waals surface area (Å²) in [5.41, 5.74) is 10.8. The standard InChI is InChI=1S/C22H24N4O/c1-4-14-11-15-9-10-16(12-19(15)24-21(14)27)22(2,23)13-20-17-7-5-6-8-18(17)25-26(20)3/h5-12H,4,13,23H2,1-3H3,(H,24,27). The highest BCUT2D eigenvalue weighted by Crippen LogP contribution is 2.28. The molecule has 1 unspecified atom stereocenters. The first-order chi connectivity index (χ1) is 12.9. The molecule has 2 heterocycles. The highest BCUT2D eigenvalue weighted by Gasteiger charge is 2.25. The van der Waals surface area contributed by atoms with Crippen LogP contribution in [0, 0.1) is 0 Å². The minimum Gasteiger partial charge on any atom is -0.322 e. The molecule has 0 bridgehead atoms. The molecule has 2 aromatic heterocycles. The highest BCUT2D eigenvalue weighted by molar-refractivity contribution is 5.82. The van der Waals surface area contributed by atoms with Crippen LogP contribution < -0.4 is 11.3 Å². The van der Waals surface area contributed by atoms with E-state index in [9.17, 15) is 4.79 Å². The molecule has 3 N–H and O–H groups in total. The lowest BCUT2D eigenvalue weighted by molar-refractivity contribution is 0.474. The maximum Gasteiger partial charge on any atom is 0.251 e. The Labute approximate surface area is 157 Å². The summed E-state index contributed by atoms with van der Waals surface area (Å²) in [5, 5.41) is 6.73. The first-order valence-electron chi connectivity index (χ1n) is 9.25. The van der Waals surface area contributed by atoms with Gasteiger partial charge in [0.25, 0.3) is 5.56 Å². The number of nitrogens with two attached hydrogens (primary N) is 1. The van der Waals surface area contributed by atoms with Crippen molar-refractivity contribution in [1.82, 2.24) is 14.8 Å². The number of benzene rings is 2. The lowest BCUT2D eigenvalue weighted by atomic mass is 9.87. The zero-order chi connectivity index (χ0) is 19.2. The summed E-state index contributed by atoms with van der Waals surface area (Å²) in [6, 6.07) is 16.1. The Bertz CT molecular complexity index is 1200. The first-order valence-corrected chi connectivity index (χ1v) is 9.25. The van der Waals surface area contributed by atoms with Crippen molar-refractivity contribution in [1.29, 1.82) is 0 Å². The highest BCUT2D eigenvalue weighted by atomic mass is 16.1. The monoisotopic (exact) mass is 360 g/mol. The van der Waals surface area contributed by atoms with E-state index in [0.717, 1.165) is 45.0 Å². The number of hydrogen-bond acceptors (Lipinski definition) is 3. The quantitative estimate of drug-likeness (QED) is 0.586. The van der Waals surface area contributed by atoms with E-state index in [4.69, 9.17) is 5.73 Å². The molecule has 0 aliphatic heterocycles. The summed E-state index contributed by atoms with van der Waals surface area (Å²) in [5.74, 6) is 0. The van der Waals surface area contributed by atoms with E-state index in [-0.39, 0.29) is 5.56 Å². The minimum atomic E-state index is -0.592. The molecule has 5 nitrogen and oxygen atoms in total. The topological polar surface area (TPSA) is 76.7 Å². The van der Waals surface area contributed by atoms with Crippen LogP contribution >= 0.6 is 0 Å². The maximum atomic E-state index is 12.2. The average Bonchev–Trinajstić information content (AvgIpc) is 2.95. The van der Waals surface area contributed by atoms with Crippen LogP contribution in [0.1, 0.15) is 30.7 Å². The molecule has 2 aromatic carbocycles. The molecule has 0 aliphatic rings. The maximum absolute atomic E-state index is 12.2. The molecule has 27 heavy (non-hydrogen) atoms. The second-order valence-corrected chi connectivity index (χ2v) is 7.46. The molecule has 4 rings (SSSR count). The zero-order valence-electron chi connectivity index (χ0n) is 15.9. The van der Waals surface area contributed by atoms with Crippen molar-refractivity contribution in [2.45, 2.75) is 32.2 Å². The summed E-state index contributed by atoms with van der Waals surface area (Å²) < 4.78 is 1.91. The Hall–Kier alpha value is -2.92. The largest absolute Gasteiger partial charge is 0.322 e. The Balaban J connectivity index is 1.77. The number of hydrogen-bond donors (Lipinski definition) is 2. The van der Waals surface area contributed by atoms with Gasteiger partial charge in [-0.1, -0.05) is 37.3 Å². The molecule has 0 radical (unpaired) electrons. The van der Waals surface area contributed by atoms with E-state index in [0.29, 0.717) is 6.42 Å². The number of pyridine rings is 1. The molecule has 0 aliphatic carbocycles. The van der Waals surface area contributed by atoms with Crippen LogP contribution in [0.2, 0.25) is 0 Å². The van der Waals surface area contributed by atoms with Crippen LogP contribution in [0.4, 0.5) is 0 Å². The number of fused-ring (bicyclic) bond motifs is 2. The molecule has 138 valence electrons. The number of aromatic nitrogens is 3. The fourth-order valence-electron chi connectivity index (χ4n) is 3.72. The molecular formula is C22H24N4O. The van der Waals surface area contributed by atoms with Crippen molar-refractivity contribution < 1.29 is 0 Å². The summed E-state index contributed by atoms with van der Waals surface area (Å²) in [7, 11) is 1.95. The van der Waals surface area contributed by atoms with Crippen LogP contribution in [0.5, 0.6) is 0 Å². The van der Waals surface area contributed by atoms with Crippen LogP contribution in [0.3, 0.4) is 0 Å². The van der Waals surface area contributed by atoms with Crippen molar-refractivity contribution >= 4 is 21.8 Å². The normalized spacial score (nSPS) is 13.9. The Morgan fingerprint density at radius 3 is 2.74 bits per heavy atom. The van der Waals surface area contributed by atoms with E-state index in [1.54, 1.807) is 0 Å². The molecule has 5 heteroatoms. The molecule has 0 amide bonds. The molecule has 0 spiro atoms.